The summed E-state index contributed by atoms with van der Waals surface area (Å²) in [6.07, 6.45) is -4.37. The van der Waals surface area contributed by atoms with Crippen molar-refractivity contribution in [2.45, 2.75) is 24.6 Å². The molecule has 0 saturated heterocycles. The van der Waals surface area contributed by atoms with Crippen molar-refractivity contribution in [3.8, 4) is 0 Å². The zero-order chi connectivity index (χ0) is 13.6. The van der Waals surface area contributed by atoms with Crippen LogP contribution in [0, 0.1) is 5.82 Å². The molecular formula is C11H10F4N2S. The molecule has 0 amide bonds. The van der Waals surface area contributed by atoms with Crippen LogP contribution in [0.4, 0.5) is 23.2 Å². The van der Waals surface area contributed by atoms with E-state index in [9.17, 15) is 17.6 Å². The molecule has 0 bridgehead atoms. The van der Waals surface area contributed by atoms with Gasteiger partial charge in [0, 0.05) is 11.3 Å². The van der Waals surface area contributed by atoms with Crippen LogP contribution in [0.2, 0.25) is 0 Å². The Morgan fingerprint density at radius 3 is 2.39 bits per heavy atom. The van der Waals surface area contributed by atoms with Gasteiger partial charge < -0.3 is 11.1 Å². The minimum Gasteiger partial charge on any atom is -0.389 e. The number of thiocarbonyl (C=S) groups is 1. The quantitative estimate of drug-likeness (QED) is 0.659. The maximum absolute atomic E-state index is 13.0. The lowest BCUT2D eigenvalue weighted by Crippen LogP contribution is -2.39. The Labute approximate surface area is 106 Å². The summed E-state index contributed by atoms with van der Waals surface area (Å²) in [4.78, 5) is -0.144. The third-order valence-electron chi connectivity index (χ3n) is 2.91. The molecule has 1 aliphatic carbocycles. The van der Waals surface area contributed by atoms with E-state index in [1.165, 1.54) is 6.07 Å². The number of halogens is 4. The topological polar surface area (TPSA) is 38.0 Å². The highest BCUT2D eigenvalue weighted by Crippen LogP contribution is 2.51. The maximum Gasteiger partial charge on any atom is 0.411 e. The smallest absolute Gasteiger partial charge is 0.389 e. The van der Waals surface area contributed by atoms with Gasteiger partial charge in [0.25, 0.3) is 0 Å². The molecule has 7 heteroatoms. The number of hydrogen-bond acceptors (Lipinski definition) is 2. The van der Waals surface area contributed by atoms with Gasteiger partial charge in [-0.25, -0.2) is 4.39 Å². The predicted molar refractivity (Wildman–Crippen MR) is 63.9 cm³/mol. The summed E-state index contributed by atoms with van der Waals surface area (Å²) in [6, 6.07) is 3.31. The van der Waals surface area contributed by atoms with Crippen LogP contribution < -0.4 is 11.1 Å². The third kappa shape index (κ3) is 2.27. The number of nitrogens with one attached hydrogen (secondary N) is 1. The zero-order valence-corrected chi connectivity index (χ0v) is 9.96. The fourth-order valence-corrected chi connectivity index (χ4v) is 1.86. The molecule has 0 atom stereocenters. The number of hydrogen-bond donors (Lipinski definition) is 2. The normalized spacial score (nSPS) is 17.3. The van der Waals surface area contributed by atoms with Gasteiger partial charge in [-0.2, -0.15) is 13.2 Å². The third-order valence-corrected chi connectivity index (χ3v) is 3.13. The van der Waals surface area contributed by atoms with Crippen LogP contribution in [-0.2, 0) is 0 Å². The van der Waals surface area contributed by atoms with E-state index in [1.54, 1.807) is 0 Å². The number of rotatable bonds is 3. The number of anilines is 1. The van der Waals surface area contributed by atoms with Gasteiger partial charge in [0.05, 0.1) is 0 Å². The second-order valence-electron chi connectivity index (χ2n) is 4.26. The summed E-state index contributed by atoms with van der Waals surface area (Å²) in [5, 5.41) is 2.39. The second kappa shape index (κ2) is 4.08. The summed E-state index contributed by atoms with van der Waals surface area (Å²) in [6.45, 7) is 0. The minimum absolute atomic E-state index is 0.00928. The van der Waals surface area contributed by atoms with Crippen LogP contribution in [-0.4, -0.2) is 16.7 Å². The molecule has 3 N–H and O–H groups in total. The van der Waals surface area contributed by atoms with Crippen molar-refractivity contribution in [3.63, 3.8) is 0 Å². The Balaban J connectivity index is 2.33. The minimum atomic E-state index is -4.35. The largest absolute Gasteiger partial charge is 0.411 e. The van der Waals surface area contributed by atoms with Crippen molar-refractivity contribution in [1.29, 1.82) is 0 Å². The lowest BCUT2D eigenvalue weighted by Gasteiger charge is -2.23. The summed E-state index contributed by atoms with van der Waals surface area (Å²) in [5.74, 6) is -0.597. The molecule has 0 spiro atoms. The number of benzene rings is 1. The van der Waals surface area contributed by atoms with Crippen molar-refractivity contribution < 1.29 is 17.6 Å². The molecule has 1 aromatic rings. The first kappa shape index (κ1) is 13.1. The van der Waals surface area contributed by atoms with Crippen molar-refractivity contribution in [1.82, 2.24) is 0 Å². The molecule has 18 heavy (non-hydrogen) atoms. The van der Waals surface area contributed by atoms with Crippen molar-refractivity contribution in [2.24, 2.45) is 5.73 Å². The van der Waals surface area contributed by atoms with Crippen LogP contribution in [0.5, 0.6) is 0 Å². The summed E-state index contributed by atoms with van der Waals surface area (Å²) < 4.78 is 51.4. The lowest BCUT2D eigenvalue weighted by atomic mass is 10.1. The van der Waals surface area contributed by atoms with Gasteiger partial charge in [-0.05, 0) is 31.0 Å². The fraction of sp³-hybridized carbons (Fsp3) is 0.364. The average molecular weight is 278 g/mol. The lowest BCUT2D eigenvalue weighted by molar-refractivity contribution is -0.151. The highest BCUT2D eigenvalue weighted by Gasteiger charge is 2.63. The van der Waals surface area contributed by atoms with Gasteiger partial charge in [0.15, 0.2) is 0 Å². The molecule has 0 aliphatic heterocycles. The first-order chi connectivity index (χ1) is 8.25. The molecule has 1 saturated carbocycles. The Morgan fingerprint density at radius 1 is 1.33 bits per heavy atom. The standard InChI is InChI=1S/C11H10F4N2S/c12-6-1-2-8(7(5-6)9(16)18)17-10(3-4-10)11(13,14)15/h1-2,5,17H,3-4H2,(H2,16,18). The van der Waals surface area contributed by atoms with Crippen LogP contribution in [0.1, 0.15) is 18.4 Å². The SMILES string of the molecule is NC(=S)c1cc(F)ccc1NC1(C(F)(F)F)CC1. The Hall–Kier alpha value is -1.37. The van der Waals surface area contributed by atoms with Crippen molar-refractivity contribution in [3.05, 3.63) is 29.6 Å². The monoisotopic (exact) mass is 278 g/mol. The molecule has 0 unspecified atom stereocenters. The van der Waals surface area contributed by atoms with Gasteiger partial charge in [-0.3, -0.25) is 0 Å². The number of alkyl halides is 3. The molecular weight excluding hydrogens is 268 g/mol. The first-order valence-corrected chi connectivity index (χ1v) is 5.60. The molecule has 2 nitrogen and oxygen atoms in total. The van der Waals surface area contributed by atoms with E-state index < -0.39 is 17.5 Å². The summed E-state index contributed by atoms with van der Waals surface area (Å²) in [5.41, 5.74) is 3.64. The highest BCUT2D eigenvalue weighted by atomic mass is 32.1. The molecule has 1 fully saturated rings. The van der Waals surface area contributed by atoms with E-state index in [-0.39, 0.29) is 29.1 Å². The second-order valence-corrected chi connectivity index (χ2v) is 4.70. The van der Waals surface area contributed by atoms with Gasteiger partial charge in [-0.1, -0.05) is 12.2 Å². The zero-order valence-electron chi connectivity index (χ0n) is 9.14. The van der Waals surface area contributed by atoms with Gasteiger partial charge in [0.1, 0.15) is 16.3 Å². The van der Waals surface area contributed by atoms with Gasteiger partial charge in [-0.15, -0.1) is 0 Å². The van der Waals surface area contributed by atoms with Crippen LogP contribution in [0.3, 0.4) is 0 Å². The summed E-state index contributed by atoms with van der Waals surface area (Å²) in [7, 11) is 0. The van der Waals surface area contributed by atoms with Crippen molar-refractivity contribution >= 4 is 22.9 Å². The van der Waals surface area contributed by atoms with Crippen molar-refractivity contribution in [2.75, 3.05) is 5.32 Å². The van der Waals surface area contributed by atoms with E-state index in [4.69, 9.17) is 18.0 Å². The van der Waals surface area contributed by atoms with Crippen LogP contribution in [0.25, 0.3) is 0 Å². The average Bonchev–Trinajstić information content (AvgIpc) is 3.00. The summed E-state index contributed by atoms with van der Waals surface area (Å²) >= 11 is 4.70. The van der Waals surface area contributed by atoms with Gasteiger partial charge in [0.2, 0.25) is 0 Å². The predicted octanol–water partition coefficient (Wildman–Crippen LogP) is 2.97. The highest BCUT2D eigenvalue weighted by molar-refractivity contribution is 7.80. The molecule has 1 aliphatic rings. The van der Waals surface area contributed by atoms with E-state index in [1.807, 2.05) is 0 Å². The molecule has 0 heterocycles. The molecule has 2 rings (SSSR count). The van der Waals surface area contributed by atoms with E-state index >= 15 is 0 Å². The maximum atomic E-state index is 13.0. The van der Waals surface area contributed by atoms with E-state index in [2.05, 4.69) is 5.32 Å². The molecule has 98 valence electrons. The molecule has 0 radical (unpaired) electrons. The molecule has 1 aromatic carbocycles. The van der Waals surface area contributed by atoms with Crippen LogP contribution in [0.15, 0.2) is 18.2 Å². The van der Waals surface area contributed by atoms with Gasteiger partial charge >= 0.3 is 6.18 Å². The van der Waals surface area contributed by atoms with E-state index in [0.29, 0.717) is 0 Å². The Kier molecular flexibility index (Phi) is 2.96. The van der Waals surface area contributed by atoms with E-state index in [0.717, 1.165) is 12.1 Å². The Morgan fingerprint density at radius 2 is 1.94 bits per heavy atom. The first-order valence-electron chi connectivity index (χ1n) is 5.19. The Bertz CT molecular complexity index is 494. The number of nitrogens with two attached hydrogens (primary N) is 1. The molecule has 0 aromatic heterocycles. The fourth-order valence-electron chi connectivity index (χ4n) is 1.69. The van der Waals surface area contributed by atoms with Crippen LogP contribution >= 0.6 is 12.2 Å².